The molecule has 0 aliphatic carbocycles. The molecule has 2 aromatic rings. The van der Waals surface area contributed by atoms with E-state index in [1.807, 2.05) is 56.3 Å². The monoisotopic (exact) mass is 368 g/mol. The molecule has 5 nitrogen and oxygen atoms in total. The smallest absolute Gasteiger partial charge is 0.326 e. The Morgan fingerprint density at radius 1 is 0.926 bits per heavy atom. The first-order valence-corrected chi connectivity index (χ1v) is 9.25. The number of hydrogen-bond acceptors (Lipinski definition) is 3. The molecule has 144 valence electrons. The average Bonchev–Trinajstić information content (AvgIpc) is 2.66. The number of likely N-dealkylation sites (N-methyl/N-ethyl adjacent to an activating group) is 1. The summed E-state index contributed by atoms with van der Waals surface area (Å²) in [5.74, 6) is -1.11. The second kappa shape index (κ2) is 9.88. The lowest BCUT2D eigenvalue weighted by molar-refractivity contribution is -0.142. The zero-order valence-electron chi connectivity index (χ0n) is 16.1. The Kier molecular flexibility index (Phi) is 7.55. The summed E-state index contributed by atoms with van der Waals surface area (Å²) in [5, 5.41) is 15.0. The van der Waals surface area contributed by atoms with Gasteiger partial charge in [0.2, 0.25) is 5.91 Å². The maximum Gasteiger partial charge on any atom is 0.326 e. The van der Waals surface area contributed by atoms with E-state index >= 15 is 0 Å². The fourth-order valence-corrected chi connectivity index (χ4v) is 2.99. The van der Waals surface area contributed by atoms with Crippen molar-refractivity contribution in [1.82, 2.24) is 10.6 Å². The number of nitrogens with one attached hydrogen (secondary N) is 2. The number of hydrogen-bond donors (Lipinski definition) is 3. The van der Waals surface area contributed by atoms with E-state index < -0.39 is 18.1 Å². The SMILES string of the molecule is CNC(Cc1ccc(-c2ccccc2)cc1)C(=O)NC(CC(C)C)C(=O)O. The van der Waals surface area contributed by atoms with Gasteiger partial charge in [-0.3, -0.25) is 4.79 Å². The topological polar surface area (TPSA) is 78.4 Å². The number of carboxylic acids is 1. The Balaban J connectivity index is 2.03. The number of carbonyl (C=O) groups excluding carboxylic acids is 1. The van der Waals surface area contributed by atoms with Crippen molar-refractivity contribution < 1.29 is 14.7 Å². The molecule has 2 unspecified atom stereocenters. The standard InChI is InChI=1S/C22H28N2O3/c1-15(2)13-20(22(26)27)24-21(25)19(23-3)14-16-9-11-18(12-10-16)17-7-5-4-6-8-17/h4-12,15,19-20,23H,13-14H2,1-3H3,(H,24,25)(H,26,27). The second-order valence-electron chi connectivity index (χ2n) is 7.14. The molecule has 0 heterocycles. The van der Waals surface area contributed by atoms with Gasteiger partial charge in [-0.2, -0.15) is 0 Å². The van der Waals surface area contributed by atoms with Gasteiger partial charge in [-0.25, -0.2) is 4.79 Å². The number of carboxylic acid groups (broad SMARTS) is 1. The summed E-state index contributed by atoms with van der Waals surface area (Å²) >= 11 is 0. The maximum absolute atomic E-state index is 12.5. The Labute approximate surface area is 160 Å². The minimum absolute atomic E-state index is 0.185. The summed E-state index contributed by atoms with van der Waals surface area (Å²) in [4.78, 5) is 23.9. The first-order valence-electron chi connectivity index (χ1n) is 9.25. The first kappa shape index (κ1) is 20.6. The molecule has 5 heteroatoms. The predicted molar refractivity (Wildman–Crippen MR) is 107 cm³/mol. The van der Waals surface area contributed by atoms with Gasteiger partial charge in [0, 0.05) is 0 Å². The molecule has 0 saturated carbocycles. The summed E-state index contributed by atoms with van der Waals surface area (Å²) in [6.45, 7) is 3.87. The highest BCUT2D eigenvalue weighted by Gasteiger charge is 2.25. The van der Waals surface area contributed by atoms with E-state index in [4.69, 9.17) is 0 Å². The van der Waals surface area contributed by atoms with Crippen LogP contribution in [-0.4, -0.2) is 36.1 Å². The molecule has 2 aromatic carbocycles. The van der Waals surface area contributed by atoms with Crippen molar-refractivity contribution in [2.24, 2.45) is 5.92 Å². The van der Waals surface area contributed by atoms with Crippen LogP contribution in [0.2, 0.25) is 0 Å². The zero-order valence-corrected chi connectivity index (χ0v) is 16.1. The summed E-state index contributed by atoms with van der Waals surface area (Å²) in [6.07, 6.45) is 0.898. The van der Waals surface area contributed by atoms with E-state index in [1.165, 1.54) is 0 Å². The van der Waals surface area contributed by atoms with Gasteiger partial charge in [0.25, 0.3) is 0 Å². The molecule has 0 bridgehead atoms. The van der Waals surface area contributed by atoms with Crippen molar-refractivity contribution in [2.75, 3.05) is 7.05 Å². The zero-order chi connectivity index (χ0) is 19.8. The van der Waals surface area contributed by atoms with Gasteiger partial charge >= 0.3 is 5.97 Å². The molecule has 3 N–H and O–H groups in total. The quantitative estimate of drug-likeness (QED) is 0.635. The Morgan fingerprint density at radius 3 is 2.04 bits per heavy atom. The van der Waals surface area contributed by atoms with Crippen molar-refractivity contribution in [2.45, 2.75) is 38.8 Å². The van der Waals surface area contributed by atoms with Crippen molar-refractivity contribution >= 4 is 11.9 Å². The van der Waals surface area contributed by atoms with Crippen molar-refractivity contribution in [3.63, 3.8) is 0 Å². The average molecular weight is 368 g/mol. The number of benzene rings is 2. The van der Waals surface area contributed by atoms with Crippen LogP contribution in [0.25, 0.3) is 11.1 Å². The number of carbonyl (C=O) groups is 2. The van der Waals surface area contributed by atoms with Crippen LogP contribution >= 0.6 is 0 Å². The van der Waals surface area contributed by atoms with Gasteiger partial charge in [0.1, 0.15) is 6.04 Å². The third-order valence-electron chi connectivity index (χ3n) is 4.49. The van der Waals surface area contributed by atoms with E-state index in [2.05, 4.69) is 22.8 Å². The van der Waals surface area contributed by atoms with Gasteiger partial charge in [-0.1, -0.05) is 68.4 Å². The summed E-state index contributed by atoms with van der Waals surface area (Å²) in [5.41, 5.74) is 3.28. The van der Waals surface area contributed by atoms with E-state index in [-0.39, 0.29) is 11.8 Å². The first-order chi connectivity index (χ1) is 12.9. The Bertz CT molecular complexity index is 742. The van der Waals surface area contributed by atoms with Crippen LogP contribution in [0.15, 0.2) is 54.6 Å². The molecule has 0 aromatic heterocycles. The lowest BCUT2D eigenvalue weighted by Gasteiger charge is -2.21. The van der Waals surface area contributed by atoms with Crippen molar-refractivity contribution in [3.05, 3.63) is 60.2 Å². The van der Waals surface area contributed by atoms with Crippen LogP contribution in [-0.2, 0) is 16.0 Å². The summed E-state index contributed by atoms with van der Waals surface area (Å²) in [7, 11) is 1.71. The molecule has 1 amide bonds. The largest absolute Gasteiger partial charge is 0.480 e. The number of amides is 1. The molecule has 27 heavy (non-hydrogen) atoms. The van der Waals surface area contributed by atoms with E-state index in [0.29, 0.717) is 12.8 Å². The molecule has 0 saturated heterocycles. The number of aliphatic carboxylic acids is 1. The van der Waals surface area contributed by atoms with Crippen molar-refractivity contribution in [1.29, 1.82) is 0 Å². The van der Waals surface area contributed by atoms with E-state index in [9.17, 15) is 14.7 Å². The molecule has 0 aliphatic rings. The van der Waals surface area contributed by atoms with Crippen molar-refractivity contribution in [3.8, 4) is 11.1 Å². The third kappa shape index (κ3) is 6.22. The molecule has 2 atom stereocenters. The molecule has 2 rings (SSSR count). The normalized spacial score (nSPS) is 13.2. The minimum atomic E-state index is -1.00. The fraction of sp³-hybridized carbons (Fsp3) is 0.364. The highest BCUT2D eigenvalue weighted by molar-refractivity contribution is 5.87. The van der Waals surface area contributed by atoms with Gasteiger partial charge in [0.05, 0.1) is 6.04 Å². The lowest BCUT2D eigenvalue weighted by Crippen LogP contribution is -2.50. The molecule has 0 fully saturated rings. The Hall–Kier alpha value is -2.66. The van der Waals surface area contributed by atoms with Gasteiger partial charge in [-0.15, -0.1) is 0 Å². The van der Waals surface area contributed by atoms with Crippen LogP contribution in [0.5, 0.6) is 0 Å². The third-order valence-corrected chi connectivity index (χ3v) is 4.49. The molecule has 0 aliphatic heterocycles. The van der Waals surface area contributed by atoms with Gasteiger partial charge < -0.3 is 15.7 Å². The lowest BCUT2D eigenvalue weighted by atomic mass is 9.99. The van der Waals surface area contributed by atoms with Gasteiger partial charge in [-0.05, 0) is 42.5 Å². The van der Waals surface area contributed by atoms with Crippen LogP contribution in [0.4, 0.5) is 0 Å². The predicted octanol–water partition coefficient (Wildman–Crippen LogP) is 3.10. The molecular weight excluding hydrogens is 340 g/mol. The highest BCUT2D eigenvalue weighted by Crippen LogP contribution is 2.19. The molecule has 0 spiro atoms. The summed E-state index contributed by atoms with van der Waals surface area (Å²) in [6, 6.07) is 16.8. The van der Waals surface area contributed by atoms with Gasteiger partial charge in [0.15, 0.2) is 0 Å². The molecular formula is C22H28N2O3. The van der Waals surface area contributed by atoms with Crippen LogP contribution in [0.3, 0.4) is 0 Å². The second-order valence-corrected chi connectivity index (χ2v) is 7.14. The van der Waals surface area contributed by atoms with Crippen LogP contribution in [0.1, 0.15) is 25.8 Å². The fourth-order valence-electron chi connectivity index (χ4n) is 2.99. The number of rotatable bonds is 9. The maximum atomic E-state index is 12.5. The summed E-state index contributed by atoms with van der Waals surface area (Å²) < 4.78 is 0. The highest BCUT2D eigenvalue weighted by atomic mass is 16.4. The van der Waals surface area contributed by atoms with E-state index in [1.54, 1.807) is 7.05 Å². The molecule has 0 radical (unpaired) electrons. The minimum Gasteiger partial charge on any atom is -0.480 e. The van der Waals surface area contributed by atoms with E-state index in [0.717, 1.165) is 16.7 Å². The Morgan fingerprint density at radius 2 is 1.52 bits per heavy atom. The van der Waals surface area contributed by atoms with Crippen LogP contribution in [0, 0.1) is 5.92 Å². The van der Waals surface area contributed by atoms with Crippen LogP contribution < -0.4 is 10.6 Å².